The summed E-state index contributed by atoms with van der Waals surface area (Å²) in [6.45, 7) is 6.22. The molecule has 0 saturated carbocycles. The van der Waals surface area contributed by atoms with E-state index in [0.717, 1.165) is 6.42 Å². The standard InChI is InChI=1S/C12H18ClNO2/c1-8(2)4-9(3)16-12-11(13)5-10(7-15)6-14-12/h5-6,8-9,15H,4,7H2,1-3H3. The van der Waals surface area contributed by atoms with E-state index in [-0.39, 0.29) is 12.7 Å². The zero-order valence-corrected chi connectivity index (χ0v) is 10.7. The van der Waals surface area contributed by atoms with E-state index >= 15 is 0 Å². The van der Waals surface area contributed by atoms with Crippen LogP contribution in [0.15, 0.2) is 12.3 Å². The normalized spacial score (nSPS) is 12.9. The molecule has 1 unspecified atom stereocenters. The number of hydrogen-bond acceptors (Lipinski definition) is 3. The van der Waals surface area contributed by atoms with Crippen molar-refractivity contribution >= 4 is 11.6 Å². The van der Waals surface area contributed by atoms with Gasteiger partial charge in [-0.25, -0.2) is 4.98 Å². The van der Waals surface area contributed by atoms with Crippen molar-refractivity contribution in [2.45, 2.75) is 39.9 Å². The highest BCUT2D eigenvalue weighted by Gasteiger charge is 2.10. The fourth-order valence-corrected chi connectivity index (χ4v) is 1.77. The molecule has 1 rings (SSSR count). The van der Waals surface area contributed by atoms with Crippen LogP contribution in [0.25, 0.3) is 0 Å². The Kier molecular flexibility index (Phi) is 5.03. The number of aromatic nitrogens is 1. The van der Waals surface area contributed by atoms with E-state index in [2.05, 4.69) is 18.8 Å². The van der Waals surface area contributed by atoms with Gasteiger partial charge in [-0.1, -0.05) is 25.4 Å². The van der Waals surface area contributed by atoms with Crippen LogP contribution in [0.3, 0.4) is 0 Å². The van der Waals surface area contributed by atoms with Crippen LogP contribution in [-0.2, 0) is 6.61 Å². The number of halogens is 1. The largest absolute Gasteiger partial charge is 0.474 e. The van der Waals surface area contributed by atoms with Crippen molar-refractivity contribution in [2.75, 3.05) is 0 Å². The molecule has 0 radical (unpaired) electrons. The lowest BCUT2D eigenvalue weighted by atomic mass is 10.1. The van der Waals surface area contributed by atoms with Gasteiger partial charge >= 0.3 is 0 Å². The smallest absolute Gasteiger partial charge is 0.232 e. The topological polar surface area (TPSA) is 42.4 Å². The van der Waals surface area contributed by atoms with Crippen LogP contribution in [0.4, 0.5) is 0 Å². The number of ether oxygens (including phenoxy) is 1. The maximum atomic E-state index is 8.91. The van der Waals surface area contributed by atoms with Crippen LogP contribution in [0.1, 0.15) is 32.8 Å². The Balaban J connectivity index is 2.66. The monoisotopic (exact) mass is 243 g/mol. The van der Waals surface area contributed by atoms with Crippen molar-refractivity contribution in [2.24, 2.45) is 5.92 Å². The molecule has 1 aromatic rings. The first kappa shape index (κ1) is 13.3. The molecule has 0 spiro atoms. The van der Waals surface area contributed by atoms with Crippen molar-refractivity contribution in [1.29, 1.82) is 0 Å². The second-order valence-electron chi connectivity index (χ2n) is 4.35. The Bertz CT molecular complexity index is 342. The third-order valence-corrected chi connectivity index (χ3v) is 2.43. The van der Waals surface area contributed by atoms with Crippen molar-refractivity contribution < 1.29 is 9.84 Å². The van der Waals surface area contributed by atoms with E-state index in [1.165, 1.54) is 0 Å². The molecular formula is C12H18ClNO2. The number of pyridine rings is 1. The fourth-order valence-electron chi connectivity index (χ4n) is 1.54. The van der Waals surface area contributed by atoms with Crippen LogP contribution in [0.5, 0.6) is 5.88 Å². The molecule has 90 valence electrons. The predicted molar refractivity (Wildman–Crippen MR) is 64.7 cm³/mol. The predicted octanol–water partition coefficient (Wildman–Crippen LogP) is 3.04. The van der Waals surface area contributed by atoms with Crippen molar-refractivity contribution in [3.8, 4) is 5.88 Å². The minimum atomic E-state index is -0.0610. The maximum Gasteiger partial charge on any atom is 0.232 e. The number of nitrogens with zero attached hydrogens (tertiary/aromatic N) is 1. The van der Waals surface area contributed by atoms with E-state index in [1.807, 2.05) is 6.92 Å². The highest BCUT2D eigenvalue weighted by molar-refractivity contribution is 6.31. The SMILES string of the molecule is CC(C)CC(C)Oc1ncc(CO)cc1Cl. The summed E-state index contributed by atoms with van der Waals surface area (Å²) in [5.74, 6) is 1.01. The van der Waals surface area contributed by atoms with E-state index in [4.69, 9.17) is 21.4 Å². The Morgan fingerprint density at radius 1 is 1.44 bits per heavy atom. The quantitative estimate of drug-likeness (QED) is 0.864. The summed E-state index contributed by atoms with van der Waals surface area (Å²) in [6, 6.07) is 1.67. The lowest BCUT2D eigenvalue weighted by Crippen LogP contribution is -2.15. The first-order valence-electron chi connectivity index (χ1n) is 5.44. The summed E-state index contributed by atoms with van der Waals surface area (Å²) in [6.07, 6.45) is 2.62. The molecule has 1 atom stereocenters. The van der Waals surface area contributed by atoms with Crippen molar-refractivity contribution in [1.82, 2.24) is 4.98 Å². The highest BCUT2D eigenvalue weighted by Crippen LogP contribution is 2.24. The van der Waals surface area contributed by atoms with Gasteiger partial charge in [-0.2, -0.15) is 0 Å². The summed E-state index contributed by atoms with van der Waals surface area (Å²) >= 11 is 5.99. The van der Waals surface area contributed by atoms with Gasteiger partial charge in [0.15, 0.2) is 0 Å². The molecular weight excluding hydrogens is 226 g/mol. The van der Waals surface area contributed by atoms with Gasteiger partial charge in [-0.3, -0.25) is 0 Å². The molecule has 16 heavy (non-hydrogen) atoms. The molecule has 1 N–H and O–H groups in total. The van der Waals surface area contributed by atoms with Gasteiger partial charge in [-0.05, 0) is 30.9 Å². The van der Waals surface area contributed by atoms with E-state index in [1.54, 1.807) is 12.3 Å². The molecule has 0 amide bonds. The first-order valence-corrected chi connectivity index (χ1v) is 5.82. The minimum absolute atomic E-state index is 0.0610. The maximum absolute atomic E-state index is 8.91. The van der Waals surface area contributed by atoms with Gasteiger partial charge in [0.1, 0.15) is 5.02 Å². The molecule has 3 nitrogen and oxygen atoms in total. The molecule has 0 aromatic carbocycles. The number of aliphatic hydroxyl groups is 1. The van der Waals surface area contributed by atoms with Gasteiger partial charge in [0, 0.05) is 6.20 Å². The zero-order chi connectivity index (χ0) is 12.1. The summed E-state index contributed by atoms with van der Waals surface area (Å²) < 4.78 is 5.63. The van der Waals surface area contributed by atoms with Crippen LogP contribution >= 0.6 is 11.6 Å². The van der Waals surface area contributed by atoms with Crippen LogP contribution in [-0.4, -0.2) is 16.2 Å². The van der Waals surface area contributed by atoms with E-state index in [0.29, 0.717) is 22.4 Å². The minimum Gasteiger partial charge on any atom is -0.474 e. The lowest BCUT2D eigenvalue weighted by Gasteiger charge is -2.16. The highest BCUT2D eigenvalue weighted by atomic mass is 35.5. The molecule has 1 aromatic heterocycles. The molecule has 0 aliphatic carbocycles. The second-order valence-corrected chi connectivity index (χ2v) is 4.75. The average molecular weight is 244 g/mol. The zero-order valence-electron chi connectivity index (χ0n) is 9.90. The lowest BCUT2D eigenvalue weighted by molar-refractivity contribution is 0.185. The Morgan fingerprint density at radius 3 is 2.62 bits per heavy atom. The summed E-state index contributed by atoms with van der Waals surface area (Å²) in [4.78, 5) is 4.08. The van der Waals surface area contributed by atoms with Crippen LogP contribution in [0.2, 0.25) is 5.02 Å². The van der Waals surface area contributed by atoms with Gasteiger partial charge in [0.25, 0.3) is 0 Å². The summed E-state index contributed by atoms with van der Waals surface area (Å²) in [5, 5.41) is 9.36. The first-order chi connectivity index (χ1) is 7.52. The molecule has 1 heterocycles. The Morgan fingerprint density at radius 2 is 2.12 bits per heavy atom. The third-order valence-electron chi connectivity index (χ3n) is 2.16. The number of rotatable bonds is 5. The van der Waals surface area contributed by atoms with Crippen molar-refractivity contribution in [3.63, 3.8) is 0 Å². The van der Waals surface area contributed by atoms with Crippen LogP contribution in [0, 0.1) is 5.92 Å². The molecule has 0 saturated heterocycles. The van der Waals surface area contributed by atoms with Gasteiger partial charge in [0.05, 0.1) is 12.7 Å². The Labute approximate surface area is 101 Å². The molecule has 0 bridgehead atoms. The number of aliphatic hydroxyl groups excluding tert-OH is 1. The Hall–Kier alpha value is -0.800. The molecule has 0 aliphatic rings. The van der Waals surface area contributed by atoms with E-state index < -0.39 is 0 Å². The van der Waals surface area contributed by atoms with Crippen LogP contribution < -0.4 is 4.74 Å². The fraction of sp³-hybridized carbons (Fsp3) is 0.583. The van der Waals surface area contributed by atoms with Gasteiger partial charge in [-0.15, -0.1) is 0 Å². The van der Waals surface area contributed by atoms with Crippen molar-refractivity contribution in [3.05, 3.63) is 22.8 Å². The van der Waals surface area contributed by atoms with Gasteiger partial charge in [0.2, 0.25) is 5.88 Å². The number of hydrogen-bond donors (Lipinski definition) is 1. The summed E-state index contributed by atoms with van der Waals surface area (Å²) in [5.41, 5.74) is 0.689. The molecule has 4 heteroatoms. The summed E-state index contributed by atoms with van der Waals surface area (Å²) in [7, 11) is 0. The third kappa shape index (κ3) is 3.99. The average Bonchev–Trinajstić information content (AvgIpc) is 2.19. The van der Waals surface area contributed by atoms with Gasteiger partial charge < -0.3 is 9.84 Å². The van der Waals surface area contributed by atoms with E-state index in [9.17, 15) is 0 Å². The molecule has 0 aliphatic heterocycles. The second kappa shape index (κ2) is 6.06. The molecule has 0 fully saturated rings.